The summed E-state index contributed by atoms with van der Waals surface area (Å²) in [5, 5.41) is 13.6. The number of nitrogens with one attached hydrogen (secondary N) is 1. The topological polar surface area (TPSA) is 87.9 Å². The second-order valence-electron chi connectivity index (χ2n) is 7.02. The molecule has 4 rings (SSSR count). The van der Waals surface area contributed by atoms with Gasteiger partial charge in [0.05, 0.1) is 13.7 Å². The molecule has 1 aliphatic rings. The number of ether oxygens (including phenoxy) is 1. The fourth-order valence-electron chi connectivity index (χ4n) is 3.35. The van der Waals surface area contributed by atoms with Crippen molar-refractivity contribution in [3.63, 3.8) is 0 Å². The molecule has 0 unspecified atom stereocenters. The lowest BCUT2D eigenvalue weighted by Crippen LogP contribution is -2.48. The molecule has 0 atom stereocenters. The van der Waals surface area contributed by atoms with Crippen LogP contribution in [0.3, 0.4) is 0 Å². The average molecular weight is 435 g/mol. The SMILES string of the molecule is COC(=O)CN1CCN(c2ccc(Nc3ccc4nnc(C(F)(F)F)n4n3)cc2)CC1. The number of rotatable bonds is 5. The molecule has 0 saturated carbocycles. The summed E-state index contributed by atoms with van der Waals surface area (Å²) in [4.78, 5) is 15.6. The van der Waals surface area contributed by atoms with Crippen LogP contribution in [0, 0.1) is 0 Å². The van der Waals surface area contributed by atoms with E-state index in [9.17, 15) is 18.0 Å². The fraction of sp³-hybridized carbons (Fsp3) is 0.368. The van der Waals surface area contributed by atoms with Crippen molar-refractivity contribution in [2.75, 3.05) is 50.1 Å². The van der Waals surface area contributed by atoms with Crippen LogP contribution in [-0.4, -0.2) is 70.5 Å². The average Bonchev–Trinajstić information content (AvgIpc) is 3.19. The normalized spacial score (nSPS) is 15.3. The van der Waals surface area contributed by atoms with Crippen LogP contribution in [-0.2, 0) is 15.7 Å². The number of halogens is 3. The molecule has 1 fully saturated rings. The predicted octanol–water partition coefficient (Wildman–Crippen LogP) is 2.18. The highest BCUT2D eigenvalue weighted by molar-refractivity contribution is 5.71. The molecule has 9 nitrogen and oxygen atoms in total. The molecular formula is C19H20F3N7O2. The molecule has 3 heterocycles. The van der Waals surface area contributed by atoms with Gasteiger partial charge in [0.2, 0.25) is 0 Å². The lowest BCUT2D eigenvalue weighted by molar-refractivity contribution is -0.146. The number of hydrogen-bond acceptors (Lipinski definition) is 8. The molecule has 3 aromatic rings. The lowest BCUT2D eigenvalue weighted by atomic mass is 10.2. The molecule has 1 aliphatic heterocycles. The third-order valence-corrected chi connectivity index (χ3v) is 4.97. The van der Waals surface area contributed by atoms with E-state index in [-0.39, 0.29) is 24.0 Å². The molecular weight excluding hydrogens is 415 g/mol. The molecule has 2 aromatic heterocycles. The summed E-state index contributed by atoms with van der Waals surface area (Å²) in [6, 6.07) is 10.5. The van der Waals surface area contributed by atoms with Crippen molar-refractivity contribution in [3.05, 3.63) is 42.2 Å². The number of esters is 1. The van der Waals surface area contributed by atoms with Crippen LogP contribution in [0.2, 0.25) is 0 Å². The summed E-state index contributed by atoms with van der Waals surface area (Å²) < 4.78 is 44.4. The van der Waals surface area contributed by atoms with Gasteiger partial charge in [-0.25, -0.2) is 0 Å². The molecule has 164 valence electrons. The van der Waals surface area contributed by atoms with E-state index in [1.165, 1.54) is 13.2 Å². The van der Waals surface area contributed by atoms with Crippen LogP contribution in [0.4, 0.5) is 30.4 Å². The zero-order valence-electron chi connectivity index (χ0n) is 16.6. The molecule has 12 heteroatoms. The van der Waals surface area contributed by atoms with Crippen molar-refractivity contribution < 1.29 is 22.7 Å². The van der Waals surface area contributed by atoms with Crippen molar-refractivity contribution in [2.24, 2.45) is 0 Å². The Kier molecular flexibility index (Phi) is 5.63. The van der Waals surface area contributed by atoms with Crippen LogP contribution in [0.15, 0.2) is 36.4 Å². The second kappa shape index (κ2) is 8.38. The zero-order valence-corrected chi connectivity index (χ0v) is 16.6. The first-order chi connectivity index (χ1) is 14.8. The first-order valence-electron chi connectivity index (χ1n) is 9.54. The van der Waals surface area contributed by atoms with Crippen LogP contribution < -0.4 is 10.2 Å². The van der Waals surface area contributed by atoms with Gasteiger partial charge in [-0.2, -0.15) is 17.7 Å². The van der Waals surface area contributed by atoms with Crippen LogP contribution in [0.1, 0.15) is 5.82 Å². The van der Waals surface area contributed by atoms with E-state index in [4.69, 9.17) is 4.74 Å². The Morgan fingerprint density at radius 3 is 2.42 bits per heavy atom. The van der Waals surface area contributed by atoms with Crippen LogP contribution in [0.5, 0.6) is 0 Å². The summed E-state index contributed by atoms with van der Waals surface area (Å²) in [6.07, 6.45) is -4.65. The van der Waals surface area contributed by atoms with Gasteiger partial charge in [0.15, 0.2) is 11.5 Å². The number of methoxy groups -OCH3 is 1. The smallest absolute Gasteiger partial charge is 0.453 e. The summed E-state index contributed by atoms with van der Waals surface area (Å²) in [6.45, 7) is 3.33. The Bertz CT molecular complexity index is 1060. The van der Waals surface area contributed by atoms with Crippen molar-refractivity contribution in [3.8, 4) is 0 Å². The van der Waals surface area contributed by atoms with E-state index in [0.717, 1.165) is 31.9 Å². The third kappa shape index (κ3) is 4.68. The summed E-state index contributed by atoms with van der Waals surface area (Å²) >= 11 is 0. The summed E-state index contributed by atoms with van der Waals surface area (Å²) in [5.74, 6) is -1.18. The number of hydrogen-bond donors (Lipinski definition) is 1. The molecule has 0 spiro atoms. The molecule has 1 N–H and O–H groups in total. The van der Waals surface area contributed by atoms with E-state index in [2.05, 4.69) is 25.5 Å². The van der Waals surface area contributed by atoms with Gasteiger partial charge in [0, 0.05) is 37.6 Å². The van der Waals surface area contributed by atoms with E-state index in [1.807, 2.05) is 29.2 Å². The van der Waals surface area contributed by atoms with E-state index in [0.29, 0.717) is 10.2 Å². The van der Waals surface area contributed by atoms with Crippen LogP contribution in [0.25, 0.3) is 5.65 Å². The largest absolute Gasteiger partial charge is 0.468 e. The molecule has 1 saturated heterocycles. The van der Waals surface area contributed by atoms with E-state index < -0.39 is 12.0 Å². The first-order valence-corrected chi connectivity index (χ1v) is 9.54. The minimum atomic E-state index is -4.65. The van der Waals surface area contributed by atoms with E-state index >= 15 is 0 Å². The van der Waals surface area contributed by atoms with Crippen LogP contribution >= 0.6 is 0 Å². The van der Waals surface area contributed by atoms with Crippen molar-refractivity contribution >= 4 is 28.8 Å². The van der Waals surface area contributed by atoms with Gasteiger partial charge in [-0.05, 0) is 36.4 Å². The minimum Gasteiger partial charge on any atom is -0.468 e. The Morgan fingerprint density at radius 2 is 1.77 bits per heavy atom. The quantitative estimate of drug-likeness (QED) is 0.611. The Labute approximate surface area is 175 Å². The standard InChI is InChI=1S/C19H20F3N7O2/c1-31-17(30)12-27-8-10-28(11-9-27)14-4-2-13(3-5-14)23-15-6-7-16-24-25-18(19(20,21)22)29(16)26-15/h2-7H,8-12H2,1H3,(H,23,26). The minimum absolute atomic E-state index is 0.0135. The van der Waals surface area contributed by atoms with Gasteiger partial charge in [-0.15, -0.1) is 15.3 Å². The number of fused-ring (bicyclic) bond motifs is 1. The van der Waals surface area contributed by atoms with Gasteiger partial charge in [-0.1, -0.05) is 0 Å². The Hall–Kier alpha value is -3.41. The monoisotopic (exact) mass is 435 g/mol. The number of nitrogens with zero attached hydrogens (tertiary/aromatic N) is 6. The number of carbonyl (C=O) groups is 1. The third-order valence-electron chi connectivity index (χ3n) is 4.97. The van der Waals surface area contributed by atoms with Crippen molar-refractivity contribution in [2.45, 2.75) is 6.18 Å². The number of aromatic nitrogens is 4. The van der Waals surface area contributed by atoms with Gasteiger partial charge in [-0.3, -0.25) is 9.69 Å². The Morgan fingerprint density at radius 1 is 1.06 bits per heavy atom. The highest BCUT2D eigenvalue weighted by atomic mass is 19.4. The molecule has 0 bridgehead atoms. The predicted molar refractivity (Wildman–Crippen MR) is 106 cm³/mol. The van der Waals surface area contributed by atoms with E-state index in [1.54, 1.807) is 6.07 Å². The molecule has 0 aliphatic carbocycles. The number of carbonyl (C=O) groups excluding carboxylic acids is 1. The summed E-state index contributed by atoms with van der Waals surface area (Å²) in [7, 11) is 1.38. The highest BCUT2D eigenvalue weighted by Crippen LogP contribution is 2.28. The Balaban J connectivity index is 1.41. The maximum atomic E-state index is 13.0. The van der Waals surface area contributed by atoms with Crippen molar-refractivity contribution in [1.82, 2.24) is 24.7 Å². The lowest BCUT2D eigenvalue weighted by Gasteiger charge is -2.35. The van der Waals surface area contributed by atoms with Gasteiger partial charge in [0.1, 0.15) is 0 Å². The number of alkyl halides is 3. The maximum Gasteiger partial charge on any atom is 0.453 e. The maximum absolute atomic E-state index is 13.0. The molecule has 31 heavy (non-hydrogen) atoms. The molecule has 1 aromatic carbocycles. The van der Waals surface area contributed by atoms with Gasteiger partial charge in [0.25, 0.3) is 5.82 Å². The summed E-state index contributed by atoms with van der Waals surface area (Å²) in [5.41, 5.74) is 1.71. The number of benzene rings is 1. The van der Waals surface area contributed by atoms with Crippen molar-refractivity contribution in [1.29, 1.82) is 0 Å². The van der Waals surface area contributed by atoms with Gasteiger partial charge >= 0.3 is 12.1 Å². The fourth-order valence-corrected chi connectivity index (χ4v) is 3.35. The highest BCUT2D eigenvalue weighted by Gasteiger charge is 2.37. The second-order valence-corrected chi connectivity index (χ2v) is 7.02. The number of piperazine rings is 1. The molecule has 0 amide bonds. The molecule has 0 radical (unpaired) electrons. The number of anilines is 3. The van der Waals surface area contributed by atoms with Gasteiger partial charge < -0.3 is 15.0 Å². The first kappa shape index (κ1) is 20.8. The zero-order chi connectivity index (χ0) is 22.0.